The monoisotopic (exact) mass is 293 g/mol. The number of nitrogens with zero attached hydrogens (tertiary/aromatic N) is 1. The Kier molecular flexibility index (Phi) is 5.43. The van der Waals surface area contributed by atoms with E-state index in [9.17, 15) is 14.7 Å². The summed E-state index contributed by atoms with van der Waals surface area (Å²) in [6, 6.07) is 0.292. The first kappa shape index (κ1) is 16.1. The predicted molar refractivity (Wildman–Crippen MR) is 81.8 cm³/mol. The molecule has 21 heavy (non-hydrogen) atoms. The van der Waals surface area contributed by atoms with Crippen molar-refractivity contribution in [2.45, 2.75) is 57.9 Å². The first-order valence-electron chi connectivity index (χ1n) is 8.19. The molecule has 2 aliphatic rings. The van der Waals surface area contributed by atoms with E-state index in [-0.39, 0.29) is 11.8 Å². The minimum atomic E-state index is -0.846. The molecule has 4 nitrogen and oxygen atoms in total. The van der Waals surface area contributed by atoms with Gasteiger partial charge in [0.25, 0.3) is 0 Å². The molecule has 4 heteroatoms. The van der Waals surface area contributed by atoms with E-state index in [4.69, 9.17) is 0 Å². The average molecular weight is 293 g/mol. The van der Waals surface area contributed by atoms with Crippen LogP contribution in [0, 0.1) is 17.8 Å². The Morgan fingerprint density at radius 3 is 2.19 bits per heavy atom. The first-order chi connectivity index (χ1) is 10.0. The van der Waals surface area contributed by atoms with Gasteiger partial charge in [-0.15, -0.1) is 0 Å². The molecule has 1 saturated carbocycles. The van der Waals surface area contributed by atoms with Crippen molar-refractivity contribution in [3.63, 3.8) is 0 Å². The number of carbonyl (C=O) groups excluding carboxylic acids is 1. The van der Waals surface area contributed by atoms with Crippen LogP contribution in [-0.2, 0) is 9.59 Å². The molecule has 0 aromatic carbocycles. The summed E-state index contributed by atoms with van der Waals surface area (Å²) < 4.78 is 0. The summed E-state index contributed by atoms with van der Waals surface area (Å²) in [5, 5.41) is 9.31. The van der Waals surface area contributed by atoms with Gasteiger partial charge in [-0.25, -0.2) is 0 Å². The zero-order valence-electron chi connectivity index (χ0n) is 13.1. The maximum absolute atomic E-state index is 12.7. The van der Waals surface area contributed by atoms with Gasteiger partial charge >= 0.3 is 5.97 Å². The molecule has 0 aliphatic heterocycles. The van der Waals surface area contributed by atoms with Crippen molar-refractivity contribution >= 4 is 11.9 Å². The number of rotatable bonds is 4. The zero-order chi connectivity index (χ0) is 15.4. The summed E-state index contributed by atoms with van der Waals surface area (Å²) >= 11 is 0. The van der Waals surface area contributed by atoms with Gasteiger partial charge in [-0.1, -0.05) is 25.5 Å². The van der Waals surface area contributed by atoms with Crippen molar-refractivity contribution in [3.05, 3.63) is 12.2 Å². The maximum Gasteiger partial charge on any atom is 0.307 e. The Bertz CT molecular complexity index is 410. The second-order valence-electron chi connectivity index (χ2n) is 6.53. The molecule has 2 aliphatic carbocycles. The van der Waals surface area contributed by atoms with Crippen molar-refractivity contribution in [1.82, 2.24) is 4.90 Å². The Morgan fingerprint density at radius 2 is 1.67 bits per heavy atom. The van der Waals surface area contributed by atoms with Gasteiger partial charge < -0.3 is 10.0 Å². The second-order valence-corrected chi connectivity index (χ2v) is 6.53. The lowest BCUT2D eigenvalue weighted by molar-refractivity contribution is -0.151. The zero-order valence-corrected chi connectivity index (χ0v) is 13.1. The summed E-state index contributed by atoms with van der Waals surface area (Å²) in [5.41, 5.74) is 0. The topological polar surface area (TPSA) is 57.6 Å². The normalized spacial score (nSPS) is 32.7. The highest BCUT2D eigenvalue weighted by molar-refractivity contribution is 5.85. The van der Waals surface area contributed by atoms with Crippen molar-refractivity contribution in [1.29, 1.82) is 0 Å². The first-order valence-corrected chi connectivity index (χ1v) is 8.19. The lowest BCUT2D eigenvalue weighted by Crippen LogP contribution is -2.45. The fourth-order valence-corrected chi connectivity index (χ4v) is 3.74. The van der Waals surface area contributed by atoms with Crippen LogP contribution in [0.5, 0.6) is 0 Å². The summed E-state index contributed by atoms with van der Waals surface area (Å²) in [4.78, 5) is 25.9. The molecule has 0 aromatic heterocycles. The van der Waals surface area contributed by atoms with E-state index >= 15 is 0 Å². The van der Waals surface area contributed by atoms with Crippen LogP contribution < -0.4 is 0 Å². The summed E-state index contributed by atoms with van der Waals surface area (Å²) in [6.45, 7) is 2.23. The van der Waals surface area contributed by atoms with Crippen LogP contribution >= 0.6 is 0 Å². The smallest absolute Gasteiger partial charge is 0.307 e. The van der Waals surface area contributed by atoms with Crippen LogP contribution in [-0.4, -0.2) is 35.0 Å². The van der Waals surface area contributed by atoms with Crippen LogP contribution in [0.1, 0.15) is 51.9 Å². The number of amides is 1. The number of aliphatic carboxylic acids is 1. The van der Waals surface area contributed by atoms with E-state index < -0.39 is 11.9 Å². The Hall–Kier alpha value is -1.32. The molecule has 0 spiro atoms. The van der Waals surface area contributed by atoms with E-state index in [0.717, 1.165) is 18.8 Å². The van der Waals surface area contributed by atoms with E-state index in [1.807, 2.05) is 24.1 Å². The number of hydrogen-bond acceptors (Lipinski definition) is 2. The minimum Gasteiger partial charge on any atom is -0.481 e. The van der Waals surface area contributed by atoms with Gasteiger partial charge in [-0.2, -0.15) is 0 Å². The number of carboxylic acid groups (broad SMARTS) is 1. The molecule has 1 fully saturated rings. The molecule has 0 radical (unpaired) electrons. The van der Waals surface area contributed by atoms with Crippen LogP contribution in [0.15, 0.2) is 12.2 Å². The van der Waals surface area contributed by atoms with Crippen molar-refractivity contribution in [2.75, 3.05) is 7.05 Å². The number of allylic oxidation sites excluding steroid dienone is 2. The van der Waals surface area contributed by atoms with Crippen molar-refractivity contribution in [2.24, 2.45) is 17.8 Å². The third kappa shape index (κ3) is 3.66. The third-order valence-electron chi connectivity index (χ3n) is 5.36. The highest BCUT2D eigenvalue weighted by atomic mass is 16.4. The third-order valence-corrected chi connectivity index (χ3v) is 5.36. The quantitative estimate of drug-likeness (QED) is 0.810. The molecule has 2 atom stereocenters. The Labute approximate surface area is 127 Å². The lowest BCUT2D eigenvalue weighted by Gasteiger charge is -2.37. The maximum atomic E-state index is 12.7. The van der Waals surface area contributed by atoms with Crippen molar-refractivity contribution in [3.8, 4) is 0 Å². The SMILES string of the molecule is CCC1CCC(N(C)C(=O)[C@@H]2CC=CC[C@@H]2C(=O)O)CC1. The largest absolute Gasteiger partial charge is 0.481 e. The molecule has 118 valence electrons. The summed E-state index contributed by atoms with van der Waals surface area (Å²) in [5.74, 6) is -0.972. The molecule has 0 unspecified atom stereocenters. The predicted octanol–water partition coefficient (Wildman–Crippen LogP) is 3.08. The Morgan fingerprint density at radius 1 is 1.10 bits per heavy atom. The van der Waals surface area contributed by atoms with Gasteiger partial charge in [0.05, 0.1) is 11.8 Å². The van der Waals surface area contributed by atoms with Crippen molar-refractivity contribution < 1.29 is 14.7 Å². The van der Waals surface area contributed by atoms with Crippen LogP contribution in [0.3, 0.4) is 0 Å². The molecular formula is C17H27NO3. The van der Waals surface area contributed by atoms with Crippen LogP contribution in [0.4, 0.5) is 0 Å². The van der Waals surface area contributed by atoms with Gasteiger partial charge in [-0.05, 0) is 44.4 Å². The van der Waals surface area contributed by atoms with E-state index in [0.29, 0.717) is 18.9 Å². The second kappa shape index (κ2) is 7.10. The van der Waals surface area contributed by atoms with E-state index in [1.165, 1.54) is 19.3 Å². The average Bonchev–Trinajstić information content (AvgIpc) is 2.53. The number of hydrogen-bond donors (Lipinski definition) is 1. The highest BCUT2D eigenvalue weighted by Gasteiger charge is 2.37. The Balaban J connectivity index is 1.98. The molecule has 0 aromatic rings. The molecule has 2 rings (SSSR count). The minimum absolute atomic E-state index is 0.0201. The molecule has 1 N–H and O–H groups in total. The highest BCUT2D eigenvalue weighted by Crippen LogP contribution is 2.32. The van der Waals surface area contributed by atoms with Crippen LogP contribution in [0.25, 0.3) is 0 Å². The lowest BCUT2D eigenvalue weighted by atomic mass is 9.80. The molecule has 0 bridgehead atoms. The number of carboxylic acids is 1. The summed E-state index contributed by atoms with van der Waals surface area (Å²) in [7, 11) is 1.86. The fourth-order valence-electron chi connectivity index (χ4n) is 3.74. The standard InChI is InChI=1S/C17H27NO3/c1-3-12-8-10-13(11-9-12)18(2)16(19)14-6-4-5-7-15(14)17(20)21/h4-5,12-15H,3,6-11H2,1-2H3,(H,20,21)/t12?,13?,14-,15+/m1/s1. The number of carbonyl (C=O) groups is 2. The van der Waals surface area contributed by atoms with Crippen LogP contribution in [0.2, 0.25) is 0 Å². The van der Waals surface area contributed by atoms with Gasteiger partial charge in [0.1, 0.15) is 0 Å². The van der Waals surface area contributed by atoms with Gasteiger partial charge in [0.15, 0.2) is 0 Å². The molecule has 0 saturated heterocycles. The van der Waals surface area contributed by atoms with Gasteiger partial charge in [0.2, 0.25) is 5.91 Å². The molecule has 0 heterocycles. The van der Waals surface area contributed by atoms with E-state index in [2.05, 4.69) is 6.92 Å². The van der Waals surface area contributed by atoms with Gasteiger partial charge in [-0.3, -0.25) is 9.59 Å². The molecular weight excluding hydrogens is 266 g/mol. The fraction of sp³-hybridized carbons (Fsp3) is 0.765. The summed E-state index contributed by atoms with van der Waals surface area (Å²) in [6.07, 6.45) is 10.6. The van der Waals surface area contributed by atoms with Gasteiger partial charge in [0, 0.05) is 13.1 Å². The molecule has 1 amide bonds. The van der Waals surface area contributed by atoms with E-state index in [1.54, 1.807) is 0 Å².